The highest BCUT2D eigenvalue weighted by Gasteiger charge is 2.19. The van der Waals surface area contributed by atoms with Gasteiger partial charge >= 0.3 is 5.97 Å². The third-order valence-electron chi connectivity index (χ3n) is 2.24. The van der Waals surface area contributed by atoms with Crippen LogP contribution in [0.4, 0.5) is 4.39 Å². The van der Waals surface area contributed by atoms with Gasteiger partial charge in [-0.1, -0.05) is 0 Å². The molecule has 100 valence electrons. The highest BCUT2D eigenvalue weighted by atomic mass is 32.1. The quantitative estimate of drug-likeness (QED) is 0.812. The number of carbonyl (C=O) groups is 1. The molecule has 0 amide bonds. The summed E-state index contributed by atoms with van der Waals surface area (Å²) in [6.07, 6.45) is 3.28. The molecule has 0 aromatic carbocycles. The molecule has 0 radical (unpaired) electrons. The van der Waals surface area contributed by atoms with Gasteiger partial charge in [0.1, 0.15) is 6.67 Å². The minimum Gasteiger partial charge on any atom is -0.464 e. The van der Waals surface area contributed by atoms with Crippen molar-refractivity contribution in [2.24, 2.45) is 0 Å². The molecule has 0 atom stereocenters. The number of ether oxygens (including phenoxy) is 1. The summed E-state index contributed by atoms with van der Waals surface area (Å²) in [6, 6.07) is 0. The van der Waals surface area contributed by atoms with Crippen LogP contribution in [0.2, 0.25) is 0 Å². The van der Waals surface area contributed by atoms with Crippen LogP contribution in [0.1, 0.15) is 22.3 Å². The van der Waals surface area contributed by atoms with E-state index in [0.717, 1.165) is 5.01 Å². The zero-order chi connectivity index (χ0) is 13.8. The van der Waals surface area contributed by atoms with Crippen molar-refractivity contribution < 1.29 is 13.9 Å². The van der Waals surface area contributed by atoms with Gasteiger partial charge in [0.2, 0.25) is 0 Å². The maximum atomic E-state index is 12.6. The average Bonchev–Trinajstić information content (AvgIpc) is 3.06. The number of carbonyl (C=O) groups excluding carboxylic acids is 1. The van der Waals surface area contributed by atoms with E-state index in [4.69, 9.17) is 0 Å². The Kier molecular flexibility index (Phi) is 4.39. The Labute approximate surface area is 117 Å². The molecule has 2 aromatic heterocycles. The molecule has 2 heterocycles. The smallest absolute Gasteiger partial charge is 0.358 e. The van der Waals surface area contributed by atoms with Crippen LogP contribution in [0.25, 0.3) is 16.1 Å². The molecule has 2 aromatic rings. The molecule has 0 aliphatic carbocycles. The Balaban J connectivity index is 2.48. The second-order valence-corrected chi connectivity index (χ2v) is 5.61. The number of nitrogens with zero attached hydrogens (tertiary/aromatic N) is 2. The predicted molar refractivity (Wildman–Crippen MR) is 74.2 cm³/mol. The molecule has 0 bridgehead atoms. The summed E-state index contributed by atoms with van der Waals surface area (Å²) >= 11 is 2.73. The normalized spacial score (nSPS) is 11.6. The number of hydrogen-bond donors (Lipinski definition) is 0. The van der Waals surface area contributed by atoms with Crippen LogP contribution in [0.3, 0.4) is 0 Å². The molecule has 0 fully saturated rings. The summed E-state index contributed by atoms with van der Waals surface area (Å²) in [5.74, 6) is -0.531. The molecular weight excluding hydrogens is 287 g/mol. The highest BCUT2D eigenvalue weighted by Crippen LogP contribution is 2.31. The largest absolute Gasteiger partial charge is 0.464 e. The summed E-state index contributed by atoms with van der Waals surface area (Å²) in [6.45, 7) is 1.09. The van der Waals surface area contributed by atoms with Crippen molar-refractivity contribution in [2.75, 3.05) is 13.8 Å². The fourth-order valence-electron chi connectivity index (χ4n) is 1.36. The molecule has 0 unspecified atom stereocenters. The standard InChI is InChI=1S/C12H11FN2O2S2/c1-7(6-13)5-8-9(12(16)17-2)15-11(19-8)10-14-3-4-18-10/h3-5H,6H2,1-2H3. The van der Waals surface area contributed by atoms with E-state index < -0.39 is 12.6 Å². The fraction of sp³-hybridized carbons (Fsp3) is 0.250. The number of hydrogen-bond acceptors (Lipinski definition) is 6. The Morgan fingerprint density at radius 3 is 2.89 bits per heavy atom. The third kappa shape index (κ3) is 3.05. The number of methoxy groups -OCH3 is 1. The topological polar surface area (TPSA) is 52.1 Å². The first-order valence-corrected chi connectivity index (χ1v) is 7.07. The van der Waals surface area contributed by atoms with Crippen molar-refractivity contribution in [3.63, 3.8) is 0 Å². The Bertz CT molecular complexity index is 605. The minimum absolute atomic E-state index is 0.200. The summed E-state index contributed by atoms with van der Waals surface area (Å²) in [5.41, 5.74) is 0.727. The number of esters is 1. The van der Waals surface area contributed by atoms with Gasteiger partial charge in [0, 0.05) is 11.6 Å². The molecule has 7 heteroatoms. The lowest BCUT2D eigenvalue weighted by molar-refractivity contribution is 0.0595. The van der Waals surface area contributed by atoms with E-state index in [0.29, 0.717) is 15.5 Å². The van der Waals surface area contributed by atoms with Gasteiger partial charge in [0.05, 0.1) is 12.0 Å². The monoisotopic (exact) mass is 298 g/mol. The van der Waals surface area contributed by atoms with E-state index in [2.05, 4.69) is 14.7 Å². The Morgan fingerprint density at radius 1 is 1.53 bits per heavy atom. The first-order chi connectivity index (χ1) is 9.15. The minimum atomic E-state index is -0.564. The van der Waals surface area contributed by atoms with Crippen molar-refractivity contribution in [1.29, 1.82) is 0 Å². The molecule has 4 nitrogen and oxygen atoms in total. The molecule has 0 aliphatic rings. The Morgan fingerprint density at radius 2 is 2.32 bits per heavy atom. The SMILES string of the molecule is COC(=O)c1nc(-c2nccs2)sc1C=C(C)CF. The van der Waals surface area contributed by atoms with Crippen molar-refractivity contribution in [3.8, 4) is 10.0 Å². The van der Waals surface area contributed by atoms with E-state index in [1.54, 1.807) is 19.2 Å². The molecule has 19 heavy (non-hydrogen) atoms. The molecule has 0 N–H and O–H groups in total. The highest BCUT2D eigenvalue weighted by molar-refractivity contribution is 7.21. The lowest BCUT2D eigenvalue weighted by atomic mass is 10.2. The molecule has 0 spiro atoms. The summed E-state index contributed by atoms with van der Waals surface area (Å²) < 4.78 is 17.2. The zero-order valence-corrected chi connectivity index (χ0v) is 12.0. The number of aromatic nitrogens is 2. The second kappa shape index (κ2) is 6.03. The molecular formula is C12H11FN2O2S2. The number of halogens is 1. The zero-order valence-electron chi connectivity index (χ0n) is 10.3. The third-order valence-corrected chi connectivity index (χ3v) is 4.15. The number of alkyl halides is 1. The maximum Gasteiger partial charge on any atom is 0.358 e. The van der Waals surface area contributed by atoms with Crippen LogP contribution < -0.4 is 0 Å². The summed E-state index contributed by atoms with van der Waals surface area (Å²) in [4.78, 5) is 20.6. The van der Waals surface area contributed by atoms with E-state index in [9.17, 15) is 9.18 Å². The van der Waals surface area contributed by atoms with Crippen molar-refractivity contribution >= 4 is 34.7 Å². The van der Waals surface area contributed by atoms with Crippen LogP contribution in [0, 0.1) is 0 Å². The summed E-state index contributed by atoms with van der Waals surface area (Å²) in [7, 11) is 1.29. The number of rotatable bonds is 4. The van der Waals surface area contributed by atoms with E-state index >= 15 is 0 Å². The maximum absolute atomic E-state index is 12.6. The van der Waals surface area contributed by atoms with Gasteiger partial charge in [-0.2, -0.15) is 0 Å². The predicted octanol–water partition coefficient (Wildman–Crippen LogP) is 3.43. The number of allylic oxidation sites excluding steroid dienone is 1. The molecule has 0 saturated carbocycles. The van der Waals surface area contributed by atoms with Gasteiger partial charge in [0.15, 0.2) is 15.7 Å². The first-order valence-electron chi connectivity index (χ1n) is 5.38. The van der Waals surface area contributed by atoms with Gasteiger partial charge in [-0.3, -0.25) is 0 Å². The van der Waals surface area contributed by atoms with Gasteiger partial charge in [-0.15, -0.1) is 22.7 Å². The summed E-state index contributed by atoms with van der Waals surface area (Å²) in [5, 5.41) is 3.19. The van der Waals surface area contributed by atoms with Crippen LogP contribution >= 0.6 is 22.7 Å². The lowest BCUT2D eigenvalue weighted by Crippen LogP contribution is -2.03. The van der Waals surface area contributed by atoms with Crippen molar-refractivity contribution in [2.45, 2.75) is 6.92 Å². The fourth-order valence-corrected chi connectivity index (χ4v) is 3.11. The molecule has 0 aliphatic heterocycles. The lowest BCUT2D eigenvalue weighted by Gasteiger charge is -1.96. The number of thiazole rings is 2. The van der Waals surface area contributed by atoms with Crippen LogP contribution in [-0.2, 0) is 4.74 Å². The molecule has 0 saturated heterocycles. The first kappa shape index (κ1) is 13.8. The van der Waals surface area contributed by atoms with Gasteiger partial charge in [-0.25, -0.2) is 19.2 Å². The van der Waals surface area contributed by atoms with Crippen molar-refractivity contribution in [1.82, 2.24) is 9.97 Å². The second-order valence-electron chi connectivity index (χ2n) is 3.69. The van der Waals surface area contributed by atoms with Crippen molar-refractivity contribution in [3.05, 3.63) is 27.7 Å². The van der Waals surface area contributed by atoms with Crippen LogP contribution in [0.5, 0.6) is 0 Å². The van der Waals surface area contributed by atoms with Gasteiger partial charge in [-0.05, 0) is 18.6 Å². The van der Waals surface area contributed by atoms with Crippen LogP contribution in [0.15, 0.2) is 17.2 Å². The van der Waals surface area contributed by atoms with Crippen LogP contribution in [-0.4, -0.2) is 29.7 Å². The molecule has 2 rings (SSSR count). The van der Waals surface area contributed by atoms with Gasteiger partial charge in [0.25, 0.3) is 0 Å². The van der Waals surface area contributed by atoms with Gasteiger partial charge < -0.3 is 4.74 Å². The average molecular weight is 298 g/mol. The van der Waals surface area contributed by atoms with E-state index in [1.807, 2.05) is 5.38 Å². The van der Waals surface area contributed by atoms with E-state index in [1.165, 1.54) is 29.8 Å². The Hall–Kier alpha value is -1.60. The van der Waals surface area contributed by atoms with E-state index in [-0.39, 0.29) is 5.69 Å².